The van der Waals surface area contributed by atoms with Gasteiger partial charge in [0.1, 0.15) is 5.82 Å². The number of ether oxygens (including phenoxy) is 3. The number of anilines is 1. The minimum Gasteiger partial charge on any atom is -0.438 e. The van der Waals surface area contributed by atoms with E-state index in [-0.39, 0.29) is 29.5 Å². The molecule has 1 aromatic rings. The van der Waals surface area contributed by atoms with Crippen LogP contribution in [0.4, 0.5) is 14.6 Å². The van der Waals surface area contributed by atoms with Gasteiger partial charge >= 0.3 is 26.2 Å². The molecule has 1 aliphatic heterocycles. The summed E-state index contributed by atoms with van der Waals surface area (Å²) in [5.41, 5.74) is 3.82. The average molecular weight is 568 g/mol. The highest BCUT2D eigenvalue weighted by Gasteiger charge is 2.52. The van der Waals surface area contributed by atoms with Crippen LogP contribution < -0.4 is 11.4 Å². The molecule has 0 spiro atoms. The molecule has 2 rings (SSSR count). The van der Waals surface area contributed by atoms with Crippen molar-refractivity contribution >= 4 is 26.4 Å². The lowest BCUT2D eigenvalue weighted by atomic mass is 9.92. The van der Waals surface area contributed by atoms with Gasteiger partial charge in [-0.25, -0.2) is 13.6 Å². The molecular weight excluding hydrogens is 531 g/mol. The molecule has 0 saturated carbocycles. The van der Waals surface area contributed by atoms with E-state index in [2.05, 4.69) is 4.98 Å². The van der Waals surface area contributed by atoms with Gasteiger partial charge in [0.2, 0.25) is 19.8 Å². The third-order valence-corrected chi connectivity index (χ3v) is 5.75. The number of carbonyl (C=O) groups excluding carboxylic acids is 2. The maximum atomic E-state index is 14.6. The molecule has 1 fully saturated rings. The number of hydrogen-bond acceptors (Lipinski definition) is 11. The molecule has 38 heavy (non-hydrogen) atoms. The Morgan fingerprint density at radius 2 is 1.61 bits per heavy atom. The predicted molar refractivity (Wildman–Crippen MR) is 131 cm³/mol. The third kappa shape index (κ3) is 11.2. The molecule has 1 aliphatic rings. The zero-order chi connectivity index (χ0) is 28.7. The first kappa shape index (κ1) is 32.0. The molecule has 0 aromatic carbocycles. The van der Waals surface area contributed by atoms with Crippen molar-refractivity contribution in [3.63, 3.8) is 0 Å². The summed E-state index contributed by atoms with van der Waals surface area (Å²) in [6.45, 7) is 9.68. The quantitative estimate of drug-likeness (QED) is 0.222. The van der Waals surface area contributed by atoms with Crippen molar-refractivity contribution < 1.29 is 46.2 Å². The van der Waals surface area contributed by atoms with Crippen molar-refractivity contribution in [3.8, 4) is 0 Å². The molecular formula is C23H36F2N3O9P. The van der Waals surface area contributed by atoms with E-state index >= 15 is 0 Å². The number of rotatable bonds is 12. The van der Waals surface area contributed by atoms with Crippen LogP contribution in [0.5, 0.6) is 0 Å². The largest absolute Gasteiger partial charge is 0.438 e. The van der Waals surface area contributed by atoms with Crippen LogP contribution in [0.2, 0.25) is 0 Å². The Hall–Kier alpha value is -2.25. The summed E-state index contributed by atoms with van der Waals surface area (Å²) in [5, 5.41) is 0. The zero-order valence-electron chi connectivity index (χ0n) is 22.4. The molecule has 15 heteroatoms. The van der Waals surface area contributed by atoms with Crippen molar-refractivity contribution in [2.24, 2.45) is 10.8 Å². The number of nitrogen functional groups attached to an aromatic ring is 1. The average Bonchev–Trinajstić information content (AvgIpc) is 3.03. The second kappa shape index (κ2) is 13.2. The Bertz CT molecular complexity index is 977. The first-order chi connectivity index (χ1) is 17.4. The zero-order valence-corrected chi connectivity index (χ0v) is 23.3. The van der Waals surface area contributed by atoms with E-state index in [1.54, 1.807) is 0 Å². The number of nitrogens with two attached hydrogens (primary N) is 1. The van der Waals surface area contributed by atoms with E-state index in [4.69, 9.17) is 33.5 Å². The summed E-state index contributed by atoms with van der Waals surface area (Å²) in [5.74, 6) is -4.56. The third-order valence-electron chi connectivity index (χ3n) is 4.76. The lowest BCUT2D eigenvalue weighted by molar-refractivity contribution is -0.154. The molecule has 1 saturated heterocycles. The van der Waals surface area contributed by atoms with Gasteiger partial charge in [0.05, 0.1) is 25.6 Å². The number of hydrogen-bond donors (Lipinski definition) is 1. The standard InChI is InChI=1S/C23H36F2N3O9P/c1-21(2,3)10-17(29)32-13-35-38(36-14-33-18(30)11-22(4,5)6)34-12-15-9-23(24,25)19(37-15)28-8-7-16(26)27-20(28)31/h7-8,15,19H,9-14H2,1-6H3,(H2,26,27,31). The second-order valence-corrected chi connectivity index (χ2v) is 12.4. The number of esters is 2. The summed E-state index contributed by atoms with van der Waals surface area (Å²) >= 11 is 0. The molecule has 0 amide bonds. The van der Waals surface area contributed by atoms with Crippen LogP contribution in [-0.4, -0.2) is 53.7 Å². The number of alkyl halides is 2. The highest BCUT2D eigenvalue weighted by molar-refractivity contribution is 7.41. The molecule has 216 valence electrons. The summed E-state index contributed by atoms with van der Waals surface area (Å²) in [6.07, 6.45) is -2.49. The van der Waals surface area contributed by atoms with Gasteiger partial charge in [-0.2, -0.15) is 4.98 Å². The van der Waals surface area contributed by atoms with Crippen molar-refractivity contribution in [1.82, 2.24) is 9.55 Å². The van der Waals surface area contributed by atoms with Gasteiger partial charge in [0, 0.05) is 12.6 Å². The Labute approximate surface area is 221 Å². The first-order valence-electron chi connectivity index (χ1n) is 11.8. The molecule has 2 unspecified atom stereocenters. The smallest absolute Gasteiger partial charge is 0.351 e. The van der Waals surface area contributed by atoms with Crippen LogP contribution >= 0.6 is 8.60 Å². The van der Waals surface area contributed by atoms with E-state index in [9.17, 15) is 23.2 Å². The number of aromatic nitrogens is 2. The van der Waals surface area contributed by atoms with Gasteiger partial charge in [-0.3, -0.25) is 23.2 Å². The maximum Gasteiger partial charge on any atom is 0.351 e. The van der Waals surface area contributed by atoms with E-state index in [0.717, 1.165) is 6.20 Å². The summed E-state index contributed by atoms with van der Waals surface area (Å²) in [4.78, 5) is 39.3. The first-order valence-corrected chi connectivity index (χ1v) is 12.9. The van der Waals surface area contributed by atoms with Gasteiger partial charge < -0.3 is 24.5 Å². The van der Waals surface area contributed by atoms with Gasteiger partial charge in [-0.05, 0) is 16.9 Å². The fourth-order valence-electron chi connectivity index (χ4n) is 3.20. The molecule has 2 atom stereocenters. The summed E-state index contributed by atoms with van der Waals surface area (Å²) < 4.78 is 61.5. The Kier molecular flexibility index (Phi) is 11.1. The van der Waals surface area contributed by atoms with Crippen LogP contribution in [0.3, 0.4) is 0 Å². The van der Waals surface area contributed by atoms with E-state index in [1.165, 1.54) is 6.07 Å². The topological polar surface area (TPSA) is 150 Å². The van der Waals surface area contributed by atoms with Gasteiger partial charge in [0.25, 0.3) is 5.92 Å². The van der Waals surface area contributed by atoms with Gasteiger partial charge in [-0.1, -0.05) is 41.5 Å². The lowest BCUT2D eigenvalue weighted by Gasteiger charge is -2.21. The Morgan fingerprint density at radius 3 is 2.08 bits per heavy atom. The molecule has 2 heterocycles. The molecule has 12 nitrogen and oxygen atoms in total. The van der Waals surface area contributed by atoms with Crippen LogP contribution in [0.1, 0.15) is 67.0 Å². The monoisotopic (exact) mass is 567 g/mol. The molecule has 0 bridgehead atoms. The lowest BCUT2D eigenvalue weighted by Crippen LogP contribution is -2.35. The molecule has 0 aliphatic carbocycles. The second-order valence-electron chi connectivity index (χ2n) is 11.1. The van der Waals surface area contributed by atoms with Crippen LogP contribution in [0.15, 0.2) is 17.1 Å². The van der Waals surface area contributed by atoms with Crippen LogP contribution in [0, 0.1) is 10.8 Å². The SMILES string of the molecule is CC(C)(C)CC(=O)OCOP(OCOC(=O)CC(C)(C)C)OCC1CC(F)(F)C(n2ccc(N)nc2=O)O1. The predicted octanol–water partition coefficient (Wildman–Crippen LogP) is 3.90. The normalized spacial score (nSPS) is 19.5. The van der Waals surface area contributed by atoms with E-state index in [0.29, 0.717) is 4.57 Å². The van der Waals surface area contributed by atoms with Crippen molar-refractivity contribution in [1.29, 1.82) is 0 Å². The highest BCUT2D eigenvalue weighted by atomic mass is 31.2. The maximum absolute atomic E-state index is 14.6. The van der Waals surface area contributed by atoms with Crippen LogP contribution in [-0.2, 0) is 37.4 Å². The van der Waals surface area contributed by atoms with Crippen molar-refractivity contribution in [2.75, 3.05) is 25.9 Å². The molecule has 0 radical (unpaired) electrons. The minimum atomic E-state index is -3.41. The molecule has 2 N–H and O–H groups in total. The summed E-state index contributed by atoms with van der Waals surface area (Å²) in [6, 6.07) is 1.20. The van der Waals surface area contributed by atoms with Gasteiger partial charge in [-0.15, -0.1) is 0 Å². The number of halogens is 2. The highest BCUT2D eigenvalue weighted by Crippen LogP contribution is 2.45. The van der Waals surface area contributed by atoms with Crippen LogP contribution in [0.25, 0.3) is 0 Å². The molecule has 1 aromatic heterocycles. The van der Waals surface area contributed by atoms with E-state index in [1.807, 2.05) is 41.5 Å². The fourth-order valence-corrected chi connectivity index (χ4v) is 3.99. The Morgan fingerprint density at radius 1 is 1.08 bits per heavy atom. The van der Waals surface area contributed by atoms with Crippen molar-refractivity contribution in [2.45, 2.75) is 79.1 Å². The summed E-state index contributed by atoms with van der Waals surface area (Å²) in [7, 11) is -2.29. The number of nitrogens with zero attached hydrogens (tertiary/aromatic N) is 2. The van der Waals surface area contributed by atoms with E-state index < -0.39 is 71.1 Å². The number of carbonyl (C=O) groups is 2. The minimum absolute atomic E-state index is 0.112. The Balaban J connectivity index is 1.96. The van der Waals surface area contributed by atoms with Crippen molar-refractivity contribution in [3.05, 3.63) is 22.7 Å². The fraction of sp³-hybridized carbons (Fsp3) is 0.739. The van der Waals surface area contributed by atoms with Gasteiger partial charge in [0.15, 0.2) is 0 Å².